The Morgan fingerprint density at radius 2 is 1.94 bits per heavy atom. The first-order valence-corrected chi connectivity index (χ1v) is 11.1. The Kier molecular flexibility index (Phi) is 6.82. The highest BCUT2D eigenvalue weighted by molar-refractivity contribution is 5.97. The first-order valence-electron chi connectivity index (χ1n) is 11.1. The molecular weight excluding hydrogens is 466 g/mol. The summed E-state index contributed by atoms with van der Waals surface area (Å²) in [5.74, 6) is -2.21. The maximum atomic E-state index is 15.0. The molecule has 2 unspecified atom stereocenters. The lowest BCUT2D eigenvalue weighted by molar-refractivity contribution is -0.132. The van der Waals surface area contributed by atoms with Crippen LogP contribution in [-0.4, -0.2) is 70.7 Å². The van der Waals surface area contributed by atoms with Crippen LogP contribution in [0.1, 0.15) is 24.0 Å². The number of hydrogen-bond acceptors (Lipinski definition) is 6. The Hall–Kier alpha value is -3.44. The zero-order valence-electron chi connectivity index (χ0n) is 19.0. The van der Waals surface area contributed by atoms with Gasteiger partial charge in [-0.05, 0) is 30.5 Å². The number of aliphatic hydroxyl groups excluding tert-OH is 1. The number of nitrogens with zero attached hydrogens (tertiary/aromatic N) is 2. The highest BCUT2D eigenvalue weighted by Gasteiger charge is 2.43. The van der Waals surface area contributed by atoms with E-state index < -0.39 is 36.0 Å². The van der Waals surface area contributed by atoms with Gasteiger partial charge >= 0.3 is 6.09 Å². The number of ether oxygens (including phenoxy) is 2. The number of methoxy groups -OCH3 is 1. The summed E-state index contributed by atoms with van der Waals surface area (Å²) in [5.41, 5.74) is -1.05. The fraction of sp³-hybridized carbons (Fsp3) is 0.417. The summed E-state index contributed by atoms with van der Waals surface area (Å²) >= 11 is 0. The lowest BCUT2D eigenvalue weighted by atomic mass is 9.89. The molecule has 4 rings (SSSR count). The number of carbonyl (C=O) groups is 2. The van der Waals surface area contributed by atoms with E-state index >= 15 is 0 Å². The number of carbonyl (C=O) groups excluding carboxylic acids is 1. The number of benzene rings is 2. The van der Waals surface area contributed by atoms with Gasteiger partial charge < -0.3 is 34.6 Å². The largest absolute Gasteiger partial charge is 0.497 e. The molecule has 0 aromatic heterocycles. The van der Waals surface area contributed by atoms with Crippen molar-refractivity contribution in [2.45, 2.75) is 37.5 Å². The van der Waals surface area contributed by atoms with Crippen molar-refractivity contribution in [3.05, 3.63) is 53.1 Å². The molecule has 2 aromatic carbocycles. The number of aliphatic hydroxyl groups is 2. The minimum atomic E-state index is -1.78. The molecule has 1 saturated heterocycles. The van der Waals surface area contributed by atoms with E-state index in [1.807, 2.05) is 0 Å². The van der Waals surface area contributed by atoms with Gasteiger partial charge in [-0.15, -0.1) is 0 Å². The number of amides is 2. The Morgan fingerprint density at radius 3 is 2.57 bits per heavy atom. The van der Waals surface area contributed by atoms with E-state index in [2.05, 4.69) is 0 Å². The molecule has 0 bridgehead atoms. The SMILES string of the molecule is COc1ccc(CN2C(=O)CCc3c(OCC4(O)CCN(C(=O)O)CC4O)cc(F)c(F)c32)cc1. The summed E-state index contributed by atoms with van der Waals surface area (Å²) in [7, 11) is 1.52. The van der Waals surface area contributed by atoms with Gasteiger partial charge in [-0.2, -0.15) is 0 Å². The van der Waals surface area contributed by atoms with Gasteiger partial charge in [-0.1, -0.05) is 12.1 Å². The number of rotatable bonds is 6. The van der Waals surface area contributed by atoms with Crippen LogP contribution in [-0.2, 0) is 17.8 Å². The first-order chi connectivity index (χ1) is 16.6. The second-order valence-electron chi connectivity index (χ2n) is 8.71. The molecule has 188 valence electrons. The zero-order chi connectivity index (χ0) is 25.3. The van der Waals surface area contributed by atoms with E-state index in [-0.39, 0.29) is 61.8 Å². The number of carboxylic acid groups (broad SMARTS) is 1. The average Bonchev–Trinajstić information content (AvgIpc) is 2.84. The van der Waals surface area contributed by atoms with Crippen molar-refractivity contribution in [2.24, 2.45) is 0 Å². The third-order valence-electron chi connectivity index (χ3n) is 6.49. The maximum absolute atomic E-state index is 15.0. The molecule has 3 N–H and O–H groups in total. The molecule has 0 aliphatic carbocycles. The Balaban J connectivity index is 1.59. The number of likely N-dealkylation sites (tertiary alicyclic amines) is 1. The first kappa shape index (κ1) is 24.7. The van der Waals surface area contributed by atoms with Crippen LogP contribution in [0, 0.1) is 11.6 Å². The van der Waals surface area contributed by atoms with Crippen LogP contribution in [0.25, 0.3) is 0 Å². The van der Waals surface area contributed by atoms with Gasteiger partial charge in [0.1, 0.15) is 29.8 Å². The molecule has 0 saturated carbocycles. The molecule has 1 fully saturated rings. The van der Waals surface area contributed by atoms with Crippen LogP contribution in [0.15, 0.2) is 30.3 Å². The standard InChI is InChI=1S/C24H26F2N2O7/c1-34-15-4-2-14(3-5-15)11-28-20(30)7-6-16-18(10-17(25)21(26)22(16)28)35-13-24(33)8-9-27(23(31)32)12-19(24)29/h2-5,10,19,29,33H,6-9,11-13H2,1H3,(H,31,32). The Labute approximate surface area is 200 Å². The summed E-state index contributed by atoms with van der Waals surface area (Å²) in [6, 6.07) is 7.69. The Morgan fingerprint density at radius 1 is 1.23 bits per heavy atom. The van der Waals surface area contributed by atoms with Crippen LogP contribution >= 0.6 is 0 Å². The van der Waals surface area contributed by atoms with Gasteiger partial charge in [0, 0.05) is 24.6 Å². The molecule has 35 heavy (non-hydrogen) atoms. The van der Waals surface area contributed by atoms with Crippen LogP contribution in [0.2, 0.25) is 0 Å². The number of hydrogen-bond donors (Lipinski definition) is 3. The smallest absolute Gasteiger partial charge is 0.407 e. The lowest BCUT2D eigenvalue weighted by Crippen LogP contribution is -2.59. The van der Waals surface area contributed by atoms with Crippen LogP contribution in [0.3, 0.4) is 0 Å². The normalized spacial score (nSPS) is 22.1. The predicted molar refractivity (Wildman–Crippen MR) is 120 cm³/mol. The second kappa shape index (κ2) is 9.67. The summed E-state index contributed by atoms with van der Waals surface area (Å²) in [5, 5.41) is 30.2. The van der Waals surface area contributed by atoms with Crippen molar-refractivity contribution in [1.82, 2.24) is 4.90 Å². The number of anilines is 1. The van der Waals surface area contributed by atoms with Gasteiger partial charge in [-0.25, -0.2) is 13.6 Å². The molecule has 2 aromatic rings. The van der Waals surface area contributed by atoms with Gasteiger partial charge in [0.05, 0.1) is 25.9 Å². The van der Waals surface area contributed by atoms with Gasteiger partial charge in [0.2, 0.25) is 5.91 Å². The third kappa shape index (κ3) is 4.87. The number of β-amino-alcohol motifs (C(OH)–C–C–N with tert-alkyl or cyclic N) is 1. The molecule has 2 aliphatic rings. The van der Waals surface area contributed by atoms with Crippen LogP contribution < -0.4 is 14.4 Å². The molecule has 2 atom stereocenters. The van der Waals surface area contributed by atoms with Crippen molar-refractivity contribution in [2.75, 3.05) is 31.7 Å². The molecule has 9 nitrogen and oxygen atoms in total. The molecule has 2 amide bonds. The molecular formula is C24H26F2N2O7. The van der Waals surface area contributed by atoms with Crippen molar-refractivity contribution in [3.8, 4) is 11.5 Å². The minimum absolute atomic E-state index is 0.00329. The van der Waals surface area contributed by atoms with Crippen LogP contribution in [0.5, 0.6) is 11.5 Å². The summed E-state index contributed by atoms with van der Waals surface area (Å²) in [4.78, 5) is 26.0. The quantitative estimate of drug-likeness (QED) is 0.566. The van der Waals surface area contributed by atoms with E-state index in [0.29, 0.717) is 11.3 Å². The van der Waals surface area contributed by atoms with Crippen molar-refractivity contribution >= 4 is 17.7 Å². The minimum Gasteiger partial charge on any atom is -0.497 e. The van der Waals surface area contributed by atoms with Gasteiger partial charge in [-0.3, -0.25) is 4.79 Å². The van der Waals surface area contributed by atoms with Crippen molar-refractivity contribution in [1.29, 1.82) is 0 Å². The predicted octanol–water partition coefficient (Wildman–Crippen LogP) is 2.31. The summed E-state index contributed by atoms with van der Waals surface area (Å²) < 4.78 is 40.4. The van der Waals surface area contributed by atoms with E-state index in [1.54, 1.807) is 24.3 Å². The van der Waals surface area contributed by atoms with E-state index in [1.165, 1.54) is 12.0 Å². The highest BCUT2D eigenvalue weighted by Crippen LogP contribution is 2.40. The van der Waals surface area contributed by atoms with Gasteiger partial charge in [0.15, 0.2) is 11.6 Å². The van der Waals surface area contributed by atoms with Crippen molar-refractivity contribution < 1.29 is 43.2 Å². The third-order valence-corrected chi connectivity index (χ3v) is 6.49. The number of fused-ring (bicyclic) bond motifs is 1. The molecule has 0 spiro atoms. The maximum Gasteiger partial charge on any atom is 0.407 e. The molecule has 0 radical (unpaired) electrons. The summed E-state index contributed by atoms with van der Waals surface area (Å²) in [6.45, 7) is -0.795. The second-order valence-corrected chi connectivity index (χ2v) is 8.71. The molecule has 2 aliphatic heterocycles. The van der Waals surface area contributed by atoms with Crippen LogP contribution in [0.4, 0.5) is 19.3 Å². The number of piperidine rings is 1. The topological polar surface area (TPSA) is 120 Å². The van der Waals surface area contributed by atoms with E-state index in [4.69, 9.17) is 14.6 Å². The van der Waals surface area contributed by atoms with E-state index in [0.717, 1.165) is 11.0 Å². The lowest BCUT2D eigenvalue weighted by Gasteiger charge is -2.41. The summed E-state index contributed by atoms with van der Waals surface area (Å²) in [6.07, 6.45) is -2.60. The molecule has 2 heterocycles. The van der Waals surface area contributed by atoms with Gasteiger partial charge in [0.25, 0.3) is 0 Å². The van der Waals surface area contributed by atoms with Crippen molar-refractivity contribution in [3.63, 3.8) is 0 Å². The number of halogens is 2. The van der Waals surface area contributed by atoms with E-state index in [9.17, 15) is 28.6 Å². The molecule has 11 heteroatoms. The fourth-order valence-corrected chi connectivity index (χ4v) is 4.36. The zero-order valence-corrected chi connectivity index (χ0v) is 19.0. The fourth-order valence-electron chi connectivity index (χ4n) is 4.36. The average molecular weight is 492 g/mol. The highest BCUT2D eigenvalue weighted by atomic mass is 19.2. The Bertz CT molecular complexity index is 1130. The monoisotopic (exact) mass is 492 g/mol.